The quantitative estimate of drug-likeness (QED) is 0.743. The minimum Gasteiger partial charge on any atom is -0.355 e. The van der Waals surface area contributed by atoms with Gasteiger partial charge in [0.1, 0.15) is 6.54 Å². The Morgan fingerprint density at radius 1 is 1.12 bits per heavy atom. The first-order valence-corrected chi connectivity index (χ1v) is 10.3. The molecule has 0 aliphatic carbocycles. The Morgan fingerprint density at radius 2 is 1.77 bits per heavy atom. The fraction of sp³-hybridized carbons (Fsp3) is 0.278. The van der Waals surface area contributed by atoms with Gasteiger partial charge in [-0.15, -0.1) is 0 Å². The maximum atomic E-state index is 13.2. The van der Waals surface area contributed by atoms with Crippen LogP contribution in [0.1, 0.15) is 18.9 Å². The van der Waals surface area contributed by atoms with Crippen LogP contribution in [0.2, 0.25) is 10.0 Å². The van der Waals surface area contributed by atoms with E-state index in [0.717, 1.165) is 16.3 Å². The van der Waals surface area contributed by atoms with Gasteiger partial charge in [-0.2, -0.15) is 0 Å². The van der Waals surface area contributed by atoms with Gasteiger partial charge < -0.3 is 5.32 Å². The van der Waals surface area contributed by atoms with Gasteiger partial charge in [0.05, 0.1) is 15.6 Å². The Labute approximate surface area is 164 Å². The largest absolute Gasteiger partial charge is 0.355 e. The highest BCUT2D eigenvalue weighted by Gasteiger charge is 2.28. The fourth-order valence-corrected chi connectivity index (χ4v) is 4.13. The highest BCUT2D eigenvalue weighted by atomic mass is 35.5. The molecule has 0 aliphatic rings. The van der Waals surface area contributed by atoms with Crippen LogP contribution < -0.4 is 9.62 Å². The third kappa shape index (κ3) is 4.90. The lowest BCUT2D eigenvalue weighted by molar-refractivity contribution is -0.119. The molecule has 2 aromatic carbocycles. The van der Waals surface area contributed by atoms with E-state index in [1.54, 1.807) is 18.2 Å². The SMILES string of the molecule is CCCNC(=O)CN(c1cc(Cl)ccc1Cl)S(=O)(=O)c1ccc(C)cc1. The van der Waals surface area contributed by atoms with Crippen LogP contribution in [0.25, 0.3) is 0 Å². The Kier molecular flexibility index (Phi) is 6.92. The average molecular weight is 415 g/mol. The predicted octanol–water partition coefficient (Wildman–Crippen LogP) is 4.02. The number of hydrogen-bond donors (Lipinski definition) is 1. The summed E-state index contributed by atoms with van der Waals surface area (Å²) in [4.78, 5) is 12.3. The molecule has 1 N–H and O–H groups in total. The first-order valence-electron chi connectivity index (χ1n) is 8.07. The van der Waals surface area contributed by atoms with Gasteiger partial charge in [-0.3, -0.25) is 9.10 Å². The lowest BCUT2D eigenvalue weighted by Gasteiger charge is -2.25. The number of amides is 1. The van der Waals surface area contributed by atoms with Gasteiger partial charge in [0.25, 0.3) is 10.0 Å². The molecule has 0 saturated heterocycles. The molecule has 0 atom stereocenters. The van der Waals surface area contributed by atoms with Crippen LogP contribution in [0, 0.1) is 6.92 Å². The zero-order chi connectivity index (χ0) is 19.3. The Bertz CT molecular complexity index is 884. The van der Waals surface area contributed by atoms with Gasteiger partial charge in [0, 0.05) is 11.6 Å². The molecule has 140 valence electrons. The van der Waals surface area contributed by atoms with Gasteiger partial charge >= 0.3 is 0 Å². The number of nitrogens with zero attached hydrogens (tertiary/aromatic N) is 1. The smallest absolute Gasteiger partial charge is 0.264 e. The number of nitrogens with one attached hydrogen (secondary N) is 1. The second-order valence-corrected chi connectivity index (χ2v) is 8.48. The number of carbonyl (C=O) groups excluding carboxylic acids is 1. The molecule has 1 amide bonds. The molecular weight excluding hydrogens is 395 g/mol. The summed E-state index contributed by atoms with van der Waals surface area (Å²) in [6, 6.07) is 10.9. The van der Waals surface area contributed by atoms with Gasteiger partial charge in [-0.1, -0.05) is 47.8 Å². The molecule has 0 spiro atoms. The van der Waals surface area contributed by atoms with Crippen molar-refractivity contribution in [3.8, 4) is 0 Å². The standard InChI is InChI=1S/C18H20Cl2N2O3S/c1-3-10-21-18(23)12-22(17-11-14(19)6-9-16(17)20)26(24,25)15-7-4-13(2)5-8-15/h4-9,11H,3,10,12H2,1-2H3,(H,21,23). The second-order valence-electron chi connectivity index (χ2n) is 5.77. The summed E-state index contributed by atoms with van der Waals surface area (Å²) >= 11 is 12.2. The van der Waals surface area contributed by atoms with Gasteiger partial charge in [0.2, 0.25) is 5.91 Å². The summed E-state index contributed by atoms with van der Waals surface area (Å²) in [5.74, 6) is -0.418. The molecule has 0 aromatic heterocycles. The normalized spacial score (nSPS) is 11.2. The van der Waals surface area contributed by atoms with E-state index < -0.39 is 22.5 Å². The third-order valence-electron chi connectivity index (χ3n) is 3.65. The van der Waals surface area contributed by atoms with Gasteiger partial charge in [-0.25, -0.2) is 8.42 Å². The third-order valence-corrected chi connectivity index (χ3v) is 5.97. The molecule has 0 fully saturated rings. The van der Waals surface area contributed by atoms with Crippen molar-refractivity contribution >= 4 is 44.8 Å². The highest BCUT2D eigenvalue weighted by molar-refractivity contribution is 7.92. The number of benzene rings is 2. The lowest BCUT2D eigenvalue weighted by Crippen LogP contribution is -2.41. The monoisotopic (exact) mass is 414 g/mol. The molecule has 8 heteroatoms. The van der Waals surface area contributed by atoms with Crippen molar-refractivity contribution in [1.29, 1.82) is 0 Å². The van der Waals surface area contributed by atoms with Crippen LogP contribution in [-0.4, -0.2) is 27.4 Å². The van der Waals surface area contributed by atoms with E-state index in [1.807, 2.05) is 13.8 Å². The number of sulfonamides is 1. The predicted molar refractivity (Wildman–Crippen MR) is 105 cm³/mol. The lowest BCUT2D eigenvalue weighted by atomic mass is 10.2. The fourth-order valence-electron chi connectivity index (χ4n) is 2.26. The van der Waals surface area contributed by atoms with Crippen molar-refractivity contribution in [2.75, 3.05) is 17.4 Å². The van der Waals surface area contributed by atoms with Crippen LogP contribution in [0.3, 0.4) is 0 Å². The van der Waals surface area contributed by atoms with Crippen LogP contribution in [-0.2, 0) is 14.8 Å². The van der Waals surface area contributed by atoms with Gasteiger partial charge in [-0.05, 0) is 43.7 Å². The molecular formula is C18H20Cl2N2O3S. The Morgan fingerprint density at radius 3 is 2.38 bits per heavy atom. The van der Waals surface area contributed by atoms with E-state index in [2.05, 4.69) is 5.32 Å². The van der Waals surface area contributed by atoms with Crippen LogP contribution in [0.4, 0.5) is 5.69 Å². The molecule has 0 radical (unpaired) electrons. The maximum Gasteiger partial charge on any atom is 0.264 e. The van der Waals surface area contributed by atoms with Crippen LogP contribution in [0.5, 0.6) is 0 Å². The summed E-state index contributed by atoms with van der Waals surface area (Å²) in [6.45, 7) is 3.84. The van der Waals surface area contributed by atoms with Crippen LogP contribution >= 0.6 is 23.2 Å². The highest BCUT2D eigenvalue weighted by Crippen LogP contribution is 2.32. The summed E-state index contributed by atoms with van der Waals surface area (Å²) in [5.41, 5.74) is 1.09. The molecule has 0 heterocycles. The molecule has 2 rings (SSSR count). The molecule has 0 aliphatic heterocycles. The summed E-state index contributed by atoms with van der Waals surface area (Å²) in [6.07, 6.45) is 0.744. The minimum absolute atomic E-state index is 0.0717. The van der Waals surface area contributed by atoms with Crippen LogP contribution in [0.15, 0.2) is 47.4 Å². The van der Waals surface area contributed by atoms with E-state index in [1.165, 1.54) is 24.3 Å². The average Bonchev–Trinajstić information content (AvgIpc) is 2.60. The number of hydrogen-bond acceptors (Lipinski definition) is 3. The zero-order valence-corrected chi connectivity index (χ0v) is 16.8. The number of rotatable bonds is 7. The molecule has 26 heavy (non-hydrogen) atoms. The van der Waals surface area contributed by atoms with Crippen molar-refractivity contribution in [3.63, 3.8) is 0 Å². The van der Waals surface area contributed by atoms with Crippen molar-refractivity contribution in [2.24, 2.45) is 0 Å². The van der Waals surface area contributed by atoms with Crippen molar-refractivity contribution in [3.05, 3.63) is 58.1 Å². The van der Waals surface area contributed by atoms with E-state index >= 15 is 0 Å². The number of carbonyl (C=O) groups is 1. The summed E-state index contributed by atoms with van der Waals surface area (Å²) in [7, 11) is -4.00. The van der Waals surface area contributed by atoms with E-state index in [4.69, 9.17) is 23.2 Å². The molecule has 2 aromatic rings. The topological polar surface area (TPSA) is 66.5 Å². The van der Waals surface area contributed by atoms with Gasteiger partial charge in [0.15, 0.2) is 0 Å². The second kappa shape index (κ2) is 8.75. The Hall–Kier alpha value is -1.76. The van der Waals surface area contributed by atoms with E-state index in [-0.39, 0.29) is 15.6 Å². The van der Waals surface area contributed by atoms with Crippen molar-refractivity contribution < 1.29 is 13.2 Å². The van der Waals surface area contributed by atoms with E-state index in [0.29, 0.717) is 11.6 Å². The number of halogens is 2. The summed E-state index contributed by atoms with van der Waals surface area (Å²) in [5, 5.41) is 3.19. The Balaban J connectivity index is 2.50. The molecule has 0 bridgehead atoms. The zero-order valence-electron chi connectivity index (χ0n) is 14.5. The number of anilines is 1. The first-order chi connectivity index (χ1) is 12.3. The molecule has 5 nitrogen and oxygen atoms in total. The maximum absolute atomic E-state index is 13.2. The number of aryl methyl sites for hydroxylation is 1. The first kappa shape index (κ1) is 20.6. The molecule has 0 unspecified atom stereocenters. The minimum atomic E-state index is -4.00. The van der Waals surface area contributed by atoms with E-state index in [9.17, 15) is 13.2 Å². The van der Waals surface area contributed by atoms with Crippen molar-refractivity contribution in [2.45, 2.75) is 25.2 Å². The molecule has 0 saturated carbocycles. The van der Waals surface area contributed by atoms with Crippen molar-refractivity contribution in [1.82, 2.24) is 5.32 Å². The summed E-state index contributed by atoms with van der Waals surface area (Å²) < 4.78 is 27.3.